The lowest BCUT2D eigenvalue weighted by Crippen LogP contribution is -2.31. The summed E-state index contributed by atoms with van der Waals surface area (Å²) in [7, 11) is 1.57. The number of hydrogen-bond donors (Lipinski definition) is 2. The molecule has 0 saturated carbocycles. The van der Waals surface area contributed by atoms with Crippen LogP contribution in [-0.4, -0.2) is 55.3 Å². The summed E-state index contributed by atoms with van der Waals surface area (Å²) in [5, 5.41) is 5.54. The van der Waals surface area contributed by atoms with Crippen LogP contribution in [0.2, 0.25) is 0 Å². The number of rotatable bonds is 10. The molecule has 2 aromatic rings. The Morgan fingerprint density at radius 2 is 1.58 bits per heavy atom. The first-order valence-corrected chi connectivity index (χ1v) is 10.1. The van der Waals surface area contributed by atoms with E-state index in [4.69, 9.17) is 4.74 Å². The van der Waals surface area contributed by atoms with E-state index in [-0.39, 0.29) is 43.0 Å². The summed E-state index contributed by atoms with van der Waals surface area (Å²) >= 11 is 0. The zero-order valence-electron chi connectivity index (χ0n) is 17.3. The number of carbonyl (C=O) groups is 4. The van der Waals surface area contributed by atoms with Crippen LogP contribution in [0.3, 0.4) is 0 Å². The average molecular weight is 423 g/mol. The van der Waals surface area contributed by atoms with E-state index < -0.39 is 0 Å². The van der Waals surface area contributed by atoms with Crippen molar-refractivity contribution in [1.82, 2.24) is 10.2 Å². The highest BCUT2D eigenvalue weighted by molar-refractivity contribution is 6.21. The molecule has 0 radical (unpaired) electrons. The molecule has 1 aliphatic rings. The highest BCUT2D eigenvalue weighted by Gasteiger charge is 2.34. The van der Waals surface area contributed by atoms with Gasteiger partial charge in [0, 0.05) is 32.3 Å². The fourth-order valence-corrected chi connectivity index (χ4v) is 3.31. The third-order valence-corrected chi connectivity index (χ3v) is 4.89. The maximum atomic E-state index is 12.3. The molecule has 0 spiro atoms. The van der Waals surface area contributed by atoms with Crippen molar-refractivity contribution in [1.29, 1.82) is 0 Å². The van der Waals surface area contributed by atoms with E-state index >= 15 is 0 Å². The van der Waals surface area contributed by atoms with E-state index in [0.717, 1.165) is 5.56 Å². The van der Waals surface area contributed by atoms with Gasteiger partial charge in [-0.3, -0.25) is 24.1 Å². The normalized spacial score (nSPS) is 12.6. The number of ether oxygens (including phenoxy) is 1. The summed E-state index contributed by atoms with van der Waals surface area (Å²) in [6.07, 6.45) is 0.798. The van der Waals surface area contributed by atoms with Gasteiger partial charge in [-0.2, -0.15) is 0 Å². The molecule has 1 heterocycles. The average Bonchev–Trinajstić information content (AvgIpc) is 3.00. The lowest BCUT2D eigenvalue weighted by atomic mass is 10.1. The molecule has 1 aliphatic heterocycles. The number of nitrogens with zero attached hydrogens (tertiary/aromatic N) is 1. The van der Waals surface area contributed by atoms with Gasteiger partial charge in [0.05, 0.1) is 24.2 Å². The molecule has 2 N–H and O–H groups in total. The number of imide groups is 1. The van der Waals surface area contributed by atoms with E-state index in [2.05, 4.69) is 10.6 Å². The highest BCUT2D eigenvalue weighted by Crippen LogP contribution is 2.22. The van der Waals surface area contributed by atoms with Gasteiger partial charge in [0.25, 0.3) is 11.8 Å². The van der Waals surface area contributed by atoms with Crippen molar-refractivity contribution >= 4 is 29.3 Å². The number of nitrogens with one attached hydrogen (secondary N) is 2. The maximum Gasteiger partial charge on any atom is 0.261 e. The van der Waals surface area contributed by atoms with Gasteiger partial charge in [0.2, 0.25) is 11.8 Å². The van der Waals surface area contributed by atoms with Crippen LogP contribution in [0.25, 0.3) is 0 Å². The van der Waals surface area contributed by atoms with Crippen molar-refractivity contribution in [2.45, 2.75) is 19.3 Å². The summed E-state index contributed by atoms with van der Waals surface area (Å²) < 4.78 is 4.89. The zero-order chi connectivity index (χ0) is 22.2. The number of methoxy groups -OCH3 is 1. The molecule has 0 aromatic heterocycles. The summed E-state index contributed by atoms with van der Waals surface area (Å²) in [4.78, 5) is 49.8. The van der Waals surface area contributed by atoms with Crippen LogP contribution >= 0.6 is 0 Å². The van der Waals surface area contributed by atoms with Crippen LogP contribution in [-0.2, 0) is 20.7 Å². The first-order valence-electron chi connectivity index (χ1n) is 10.1. The molecule has 8 heteroatoms. The first kappa shape index (κ1) is 22.2. The Balaban J connectivity index is 1.42. The van der Waals surface area contributed by atoms with E-state index in [9.17, 15) is 19.2 Å². The molecule has 8 nitrogen and oxygen atoms in total. The van der Waals surface area contributed by atoms with Gasteiger partial charge in [0.15, 0.2) is 0 Å². The molecular weight excluding hydrogens is 398 g/mol. The standard InChI is InChI=1S/C23H25N3O5/c1-31-14-12-24-21(28)15-16-8-10-17(11-9-16)25-20(27)7-4-13-26-22(29)18-5-2-3-6-19(18)23(26)30/h2-3,5-6,8-11H,4,7,12-15H2,1H3,(H,24,28)(H,25,27). The van der Waals surface area contributed by atoms with E-state index in [1.54, 1.807) is 55.6 Å². The molecule has 3 rings (SSSR count). The lowest BCUT2D eigenvalue weighted by Gasteiger charge is -2.13. The fourth-order valence-electron chi connectivity index (χ4n) is 3.31. The summed E-state index contributed by atoms with van der Waals surface area (Å²) in [6.45, 7) is 1.12. The molecule has 0 bridgehead atoms. The molecule has 0 unspecified atom stereocenters. The van der Waals surface area contributed by atoms with Crippen LogP contribution in [0.4, 0.5) is 5.69 Å². The minimum Gasteiger partial charge on any atom is -0.383 e. The number of benzene rings is 2. The van der Waals surface area contributed by atoms with Crippen molar-refractivity contribution in [2.75, 3.05) is 32.1 Å². The second-order valence-electron chi connectivity index (χ2n) is 7.18. The van der Waals surface area contributed by atoms with Crippen LogP contribution in [0.1, 0.15) is 39.1 Å². The topological polar surface area (TPSA) is 105 Å². The Kier molecular flexibility index (Phi) is 7.50. The summed E-state index contributed by atoms with van der Waals surface area (Å²) in [6, 6.07) is 13.7. The van der Waals surface area contributed by atoms with Gasteiger partial charge in [0.1, 0.15) is 0 Å². The number of carbonyl (C=O) groups excluding carboxylic acids is 4. The second-order valence-corrected chi connectivity index (χ2v) is 7.18. The van der Waals surface area contributed by atoms with Crippen LogP contribution in [0, 0.1) is 0 Å². The van der Waals surface area contributed by atoms with Crippen LogP contribution in [0.15, 0.2) is 48.5 Å². The minimum atomic E-state index is -0.317. The Labute approximate surface area is 180 Å². The first-order chi connectivity index (χ1) is 15.0. The van der Waals surface area contributed by atoms with Crippen molar-refractivity contribution < 1.29 is 23.9 Å². The SMILES string of the molecule is COCCNC(=O)Cc1ccc(NC(=O)CCCN2C(=O)c3ccccc3C2=O)cc1. The second kappa shape index (κ2) is 10.5. The van der Waals surface area contributed by atoms with Gasteiger partial charge in [-0.1, -0.05) is 24.3 Å². The molecular formula is C23H25N3O5. The molecule has 162 valence electrons. The Morgan fingerprint density at radius 1 is 0.935 bits per heavy atom. The fraction of sp³-hybridized carbons (Fsp3) is 0.304. The highest BCUT2D eigenvalue weighted by atomic mass is 16.5. The Bertz CT molecular complexity index is 936. The third-order valence-electron chi connectivity index (χ3n) is 4.89. The lowest BCUT2D eigenvalue weighted by molar-refractivity contribution is -0.120. The molecule has 31 heavy (non-hydrogen) atoms. The van der Waals surface area contributed by atoms with Crippen molar-refractivity contribution in [3.05, 3.63) is 65.2 Å². The van der Waals surface area contributed by atoms with Gasteiger partial charge in [-0.25, -0.2) is 0 Å². The molecule has 2 aromatic carbocycles. The van der Waals surface area contributed by atoms with E-state index in [0.29, 0.717) is 36.4 Å². The predicted octanol–water partition coefficient (Wildman–Crippen LogP) is 2.01. The molecule has 4 amide bonds. The number of amides is 4. The largest absolute Gasteiger partial charge is 0.383 e. The Morgan fingerprint density at radius 3 is 2.19 bits per heavy atom. The smallest absolute Gasteiger partial charge is 0.261 e. The Hall–Kier alpha value is -3.52. The number of fused-ring (bicyclic) bond motifs is 1. The number of hydrogen-bond acceptors (Lipinski definition) is 5. The zero-order valence-corrected chi connectivity index (χ0v) is 17.3. The van der Waals surface area contributed by atoms with E-state index in [1.165, 1.54) is 4.90 Å². The summed E-state index contributed by atoms with van der Waals surface area (Å²) in [5.74, 6) is -0.936. The quantitative estimate of drug-likeness (QED) is 0.449. The van der Waals surface area contributed by atoms with Crippen LogP contribution < -0.4 is 10.6 Å². The van der Waals surface area contributed by atoms with Gasteiger partial charge >= 0.3 is 0 Å². The predicted molar refractivity (Wildman–Crippen MR) is 115 cm³/mol. The molecule has 0 fully saturated rings. The van der Waals surface area contributed by atoms with Gasteiger partial charge < -0.3 is 15.4 Å². The monoisotopic (exact) mass is 423 g/mol. The third kappa shape index (κ3) is 5.76. The van der Waals surface area contributed by atoms with Crippen molar-refractivity contribution in [2.24, 2.45) is 0 Å². The molecule has 0 saturated heterocycles. The number of anilines is 1. The van der Waals surface area contributed by atoms with Gasteiger partial charge in [-0.15, -0.1) is 0 Å². The van der Waals surface area contributed by atoms with Crippen molar-refractivity contribution in [3.8, 4) is 0 Å². The maximum absolute atomic E-state index is 12.3. The van der Waals surface area contributed by atoms with Crippen molar-refractivity contribution in [3.63, 3.8) is 0 Å². The molecule has 0 aliphatic carbocycles. The van der Waals surface area contributed by atoms with Gasteiger partial charge in [-0.05, 0) is 36.2 Å². The molecule has 0 atom stereocenters. The minimum absolute atomic E-state index is 0.0954. The van der Waals surface area contributed by atoms with E-state index in [1.807, 2.05) is 0 Å². The van der Waals surface area contributed by atoms with Crippen LogP contribution in [0.5, 0.6) is 0 Å². The summed E-state index contributed by atoms with van der Waals surface area (Å²) in [5.41, 5.74) is 2.27.